The van der Waals surface area contributed by atoms with Crippen LogP contribution >= 0.6 is 0 Å². The lowest BCUT2D eigenvalue weighted by atomic mass is 10.1. The Balaban J connectivity index is 1.83. The van der Waals surface area contributed by atoms with Crippen molar-refractivity contribution in [3.05, 3.63) is 23.8 Å². The zero-order valence-corrected chi connectivity index (χ0v) is 10.7. The summed E-state index contributed by atoms with van der Waals surface area (Å²) in [7, 11) is 0. The van der Waals surface area contributed by atoms with Gasteiger partial charge in [-0.3, -0.25) is 4.79 Å². The van der Waals surface area contributed by atoms with Crippen molar-refractivity contribution in [1.82, 2.24) is 4.90 Å². The van der Waals surface area contributed by atoms with E-state index in [-0.39, 0.29) is 0 Å². The monoisotopic (exact) mass is 245 g/mol. The summed E-state index contributed by atoms with van der Waals surface area (Å²) in [6.07, 6.45) is 1.70. The van der Waals surface area contributed by atoms with Crippen LogP contribution in [-0.4, -0.2) is 36.5 Å². The Morgan fingerprint density at radius 1 is 1.33 bits per heavy atom. The molecule has 2 aliphatic rings. The van der Waals surface area contributed by atoms with Gasteiger partial charge in [0.1, 0.15) is 0 Å². The number of fused-ring (bicyclic) bond motifs is 1. The van der Waals surface area contributed by atoms with Gasteiger partial charge in [-0.1, -0.05) is 12.1 Å². The van der Waals surface area contributed by atoms with Crippen molar-refractivity contribution in [2.45, 2.75) is 25.8 Å². The minimum absolute atomic E-state index is 0.317. The quantitative estimate of drug-likeness (QED) is 0.761. The van der Waals surface area contributed by atoms with E-state index >= 15 is 0 Å². The number of aryl methyl sites for hydroxylation is 1. The van der Waals surface area contributed by atoms with Crippen LogP contribution in [0.15, 0.2) is 18.2 Å². The Morgan fingerprint density at radius 2 is 2.17 bits per heavy atom. The van der Waals surface area contributed by atoms with Gasteiger partial charge in [0.15, 0.2) is 0 Å². The molecule has 0 bridgehead atoms. The lowest BCUT2D eigenvalue weighted by Gasteiger charge is -2.39. The van der Waals surface area contributed by atoms with E-state index in [0.29, 0.717) is 18.4 Å². The van der Waals surface area contributed by atoms with Crippen LogP contribution in [0.5, 0.6) is 0 Å². The van der Waals surface area contributed by atoms with Gasteiger partial charge in [0.25, 0.3) is 0 Å². The SMILES string of the molecule is Cc1cccc(N2CCN3C(=O)CCC3C2)c1N. The molecule has 3 rings (SSSR count). The minimum atomic E-state index is 0.317. The summed E-state index contributed by atoms with van der Waals surface area (Å²) < 4.78 is 0. The molecule has 1 aromatic carbocycles. The van der Waals surface area contributed by atoms with Crippen molar-refractivity contribution in [3.8, 4) is 0 Å². The second-order valence-corrected chi connectivity index (χ2v) is 5.23. The van der Waals surface area contributed by atoms with E-state index in [9.17, 15) is 4.79 Å². The Bertz CT molecular complexity index is 486. The molecule has 0 radical (unpaired) electrons. The number of carbonyl (C=O) groups excluding carboxylic acids is 1. The van der Waals surface area contributed by atoms with Gasteiger partial charge in [0, 0.05) is 32.1 Å². The summed E-state index contributed by atoms with van der Waals surface area (Å²) in [5.41, 5.74) is 9.27. The third-order valence-corrected chi connectivity index (χ3v) is 4.14. The summed E-state index contributed by atoms with van der Waals surface area (Å²) in [5, 5.41) is 0. The fourth-order valence-corrected chi connectivity index (χ4v) is 3.02. The highest BCUT2D eigenvalue weighted by Crippen LogP contribution is 2.30. The molecule has 0 spiro atoms. The number of nitrogen functional groups attached to an aromatic ring is 1. The highest BCUT2D eigenvalue weighted by molar-refractivity contribution is 5.79. The molecular formula is C14H19N3O. The molecular weight excluding hydrogens is 226 g/mol. The summed E-state index contributed by atoms with van der Waals surface area (Å²) in [6.45, 7) is 4.67. The Kier molecular flexibility index (Phi) is 2.65. The lowest BCUT2D eigenvalue weighted by molar-refractivity contribution is -0.129. The maximum atomic E-state index is 11.7. The van der Waals surface area contributed by atoms with E-state index in [2.05, 4.69) is 11.0 Å². The van der Waals surface area contributed by atoms with Gasteiger partial charge in [0.05, 0.1) is 11.4 Å². The standard InChI is InChI=1S/C14H19N3O/c1-10-3-2-4-12(14(10)15)16-7-8-17-11(9-16)5-6-13(17)18/h2-4,11H,5-9,15H2,1H3. The number of para-hydroxylation sites is 1. The molecule has 2 aliphatic heterocycles. The van der Waals surface area contributed by atoms with E-state index in [4.69, 9.17) is 5.73 Å². The van der Waals surface area contributed by atoms with E-state index in [1.807, 2.05) is 24.0 Å². The summed E-state index contributed by atoms with van der Waals surface area (Å²) in [5.74, 6) is 0.317. The molecule has 0 aliphatic carbocycles. The van der Waals surface area contributed by atoms with Gasteiger partial charge in [-0.15, -0.1) is 0 Å². The van der Waals surface area contributed by atoms with Gasteiger partial charge in [-0.2, -0.15) is 0 Å². The Labute approximate surface area is 107 Å². The van der Waals surface area contributed by atoms with Gasteiger partial charge in [-0.05, 0) is 25.0 Å². The van der Waals surface area contributed by atoms with E-state index in [0.717, 1.165) is 43.0 Å². The number of hydrogen-bond donors (Lipinski definition) is 1. The number of anilines is 2. The molecule has 4 nitrogen and oxygen atoms in total. The lowest BCUT2D eigenvalue weighted by Crippen LogP contribution is -2.51. The molecule has 2 saturated heterocycles. The molecule has 2 heterocycles. The van der Waals surface area contributed by atoms with Crippen LogP contribution in [0.25, 0.3) is 0 Å². The first-order chi connectivity index (χ1) is 8.66. The number of nitrogens with zero attached hydrogens (tertiary/aromatic N) is 2. The average molecular weight is 245 g/mol. The van der Waals surface area contributed by atoms with Crippen LogP contribution in [0.4, 0.5) is 11.4 Å². The maximum absolute atomic E-state index is 11.7. The van der Waals surface area contributed by atoms with Crippen LogP contribution in [0.1, 0.15) is 18.4 Å². The minimum Gasteiger partial charge on any atom is -0.397 e. The van der Waals surface area contributed by atoms with Crippen molar-refractivity contribution in [1.29, 1.82) is 0 Å². The summed E-state index contributed by atoms with van der Waals surface area (Å²) in [6, 6.07) is 6.54. The zero-order chi connectivity index (χ0) is 12.7. The van der Waals surface area contributed by atoms with Crippen molar-refractivity contribution < 1.29 is 4.79 Å². The number of rotatable bonds is 1. The van der Waals surface area contributed by atoms with Crippen LogP contribution in [0.2, 0.25) is 0 Å². The van der Waals surface area contributed by atoms with E-state index in [1.165, 1.54) is 0 Å². The van der Waals surface area contributed by atoms with Crippen LogP contribution < -0.4 is 10.6 Å². The van der Waals surface area contributed by atoms with Gasteiger partial charge >= 0.3 is 0 Å². The molecule has 1 atom stereocenters. The first-order valence-electron chi connectivity index (χ1n) is 6.56. The second kappa shape index (κ2) is 4.19. The van der Waals surface area contributed by atoms with Crippen LogP contribution in [-0.2, 0) is 4.79 Å². The molecule has 1 amide bonds. The number of nitrogens with two attached hydrogens (primary N) is 1. The van der Waals surface area contributed by atoms with E-state index in [1.54, 1.807) is 0 Å². The number of hydrogen-bond acceptors (Lipinski definition) is 3. The molecule has 0 saturated carbocycles. The van der Waals surface area contributed by atoms with Crippen molar-refractivity contribution in [2.75, 3.05) is 30.3 Å². The second-order valence-electron chi connectivity index (χ2n) is 5.23. The highest BCUT2D eigenvalue weighted by Gasteiger charge is 2.35. The largest absolute Gasteiger partial charge is 0.397 e. The fourth-order valence-electron chi connectivity index (χ4n) is 3.02. The summed E-state index contributed by atoms with van der Waals surface area (Å²) >= 11 is 0. The van der Waals surface area contributed by atoms with Crippen LogP contribution in [0, 0.1) is 6.92 Å². The Hall–Kier alpha value is -1.71. The predicted octanol–water partition coefficient (Wildman–Crippen LogP) is 1.39. The van der Waals surface area contributed by atoms with Crippen molar-refractivity contribution >= 4 is 17.3 Å². The molecule has 96 valence electrons. The first kappa shape index (κ1) is 11.4. The third kappa shape index (κ3) is 1.72. The number of carbonyl (C=O) groups is 1. The fraction of sp³-hybridized carbons (Fsp3) is 0.500. The van der Waals surface area contributed by atoms with E-state index < -0.39 is 0 Å². The van der Waals surface area contributed by atoms with Crippen molar-refractivity contribution in [2.24, 2.45) is 0 Å². The van der Waals surface area contributed by atoms with Crippen LogP contribution in [0.3, 0.4) is 0 Å². The highest BCUT2D eigenvalue weighted by atomic mass is 16.2. The molecule has 4 heteroatoms. The number of benzene rings is 1. The maximum Gasteiger partial charge on any atom is 0.223 e. The normalized spacial score (nSPS) is 23.4. The molecule has 2 fully saturated rings. The molecule has 18 heavy (non-hydrogen) atoms. The number of amides is 1. The smallest absolute Gasteiger partial charge is 0.223 e. The molecule has 2 N–H and O–H groups in total. The molecule has 1 aromatic rings. The third-order valence-electron chi connectivity index (χ3n) is 4.14. The summed E-state index contributed by atoms with van der Waals surface area (Å²) in [4.78, 5) is 16.0. The Morgan fingerprint density at radius 3 is 3.00 bits per heavy atom. The van der Waals surface area contributed by atoms with Gasteiger partial charge in [-0.25, -0.2) is 0 Å². The topological polar surface area (TPSA) is 49.6 Å². The van der Waals surface area contributed by atoms with Gasteiger partial charge < -0.3 is 15.5 Å². The average Bonchev–Trinajstić information content (AvgIpc) is 2.74. The first-order valence-corrected chi connectivity index (χ1v) is 6.56. The zero-order valence-electron chi connectivity index (χ0n) is 10.7. The molecule has 0 aromatic heterocycles. The number of piperazine rings is 1. The molecule has 1 unspecified atom stereocenters. The van der Waals surface area contributed by atoms with Gasteiger partial charge in [0.2, 0.25) is 5.91 Å². The predicted molar refractivity (Wildman–Crippen MR) is 72.5 cm³/mol. The van der Waals surface area contributed by atoms with Crippen molar-refractivity contribution in [3.63, 3.8) is 0 Å².